The number of carbonyl (C=O) groups excluding carboxylic acids is 1. The lowest BCUT2D eigenvalue weighted by Crippen LogP contribution is -2.30. The van der Waals surface area contributed by atoms with Crippen molar-refractivity contribution in [3.8, 4) is 6.07 Å². The molecule has 1 N–H and O–H groups in total. The average molecular weight is 569 g/mol. The molecule has 0 aliphatic carbocycles. The van der Waals surface area contributed by atoms with Gasteiger partial charge in [-0.05, 0) is 61.7 Å². The Morgan fingerprint density at radius 3 is 2.59 bits per heavy atom. The molecule has 0 radical (unpaired) electrons. The van der Waals surface area contributed by atoms with Crippen molar-refractivity contribution >= 4 is 43.1 Å². The quantitative estimate of drug-likeness (QED) is 0.410. The third-order valence-electron chi connectivity index (χ3n) is 6.21. The van der Waals surface area contributed by atoms with E-state index in [1.807, 2.05) is 6.07 Å². The van der Waals surface area contributed by atoms with Gasteiger partial charge in [0.1, 0.15) is 11.8 Å². The molecule has 0 saturated carbocycles. The van der Waals surface area contributed by atoms with Gasteiger partial charge in [-0.2, -0.15) is 5.26 Å². The standard InChI is InChI=1S/C26H28N6O5S2/c1-18-15-20(17-27)29-26(28-18)31(2)12-6-14-39(36,37)21-9-10-24-19(16-21)11-13-32(24)25(33)22-7-4-5-8-23(22)30-38(3,34)35/h4-5,7-10,15-16,30H,6,11-14H2,1-3H3. The van der Waals surface area contributed by atoms with Gasteiger partial charge < -0.3 is 9.80 Å². The first-order valence-corrected chi connectivity index (χ1v) is 15.6. The van der Waals surface area contributed by atoms with Crippen LogP contribution < -0.4 is 14.5 Å². The second kappa shape index (κ2) is 11.0. The van der Waals surface area contributed by atoms with Gasteiger partial charge in [0.05, 0.1) is 28.2 Å². The summed E-state index contributed by atoms with van der Waals surface area (Å²) in [7, 11) is -5.44. The van der Waals surface area contributed by atoms with Crippen molar-refractivity contribution in [2.24, 2.45) is 0 Å². The summed E-state index contributed by atoms with van der Waals surface area (Å²) in [6.07, 6.45) is 1.81. The summed E-state index contributed by atoms with van der Waals surface area (Å²) >= 11 is 0. The Kier molecular flexibility index (Phi) is 7.89. The highest BCUT2D eigenvalue weighted by Crippen LogP contribution is 2.33. The topological polar surface area (TPSA) is 153 Å². The van der Waals surface area contributed by atoms with E-state index in [1.54, 1.807) is 55.3 Å². The first-order chi connectivity index (χ1) is 18.4. The molecule has 1 amide bonds. The van der Waals surface area contributed by atoms with Crippen molar-refractivity contribution in [3.05, 3.63) is 71.0 Å². The number of sulfone groups is 1. The average Bonchev–Trinajstić information content (AvgIpc) is 3.30. The molecule has 0 saturated heterocycles. The molecule has 0 bridgehead atoms. The number of fused-ring (bicyclic) bond motifs is 1. The molecule has 1 aromatic heterocycles. The molecule has 11 nitrogen and oxygen atoms in total. The highest BCUT2D eigenvalue weighted by Gasteiger charge is 2.29. The van der Waals surface area contributed by atoms with E-state index in [1.165, 1.54) is 17.0 Å². The van der Waals surface area contributed by atoms with Gasteiger partial charge in [0.2, 0.25) is 16.0 Å². The normalized spacial score (nSPS) is 13.0. The lowest BCUT2D eigenvalue weighted by molar-refractivity contribution is 0.0990. The smallest absolute Gasteiger partial charge is 0.260 e. The van der Waals surface area contributed by atoms with Gasteiger partial charge in [-0.1, -0.05) is 12.1 Å². The van der Waals surface area contributed by atoms with Crippen LogP contribution in [0.25, 0.3) is 0 Å². The summed E-state index contributed by atoms with van der Waals surface area (Å²) in [5.74, 6) is -0.114. The highest BCUT2D eigenvalue weighted by atomic mass is 32.2. The van der Waals surface area contributed by atoms with Crippen LogP contribution in [-0.4, -0.2) is 64.9 Å². The molecule has 39 heavy (non-hydrogen) atoms. The Morgan fingerprint density at radius 1 is 1.13 bits per heavy atom. The number of hydrogen-bond acceptors (Lipinski definition) is 9. The molecular formula is C26H28N6O5S2. The van der Waals surface area contributed by atoms with Gasteiger partial charge >= 0.3 is 0 Å². The van der Waals surface area contributed by atoms with Crippen molar-refractivity contribution in [1.82, 2.24) is 9.97 Å². The number of anilines is 3. The van der Waals surface area contributed by atoms with Crippen LogP contribution >= 0.6 is 0 Å². The molecular weight excluding hydrogens is 540 g/mol. The summed E-state index contributed by atoms with van der Waals surface area (Å²) in [6.45, 7) is 2.48. The number of aromatic nitrogens is 2. The Bertz CT molecular complexity index is 1680. The van der Waals surface area contributed by atoms with Crippen LogP contribution in [-0.2, 0) is 26.3 Å². The largest absolute Gasteiger partial charge is 0.344 e. The monoisotopic (exact) mass is 568 g/mol. The molecule has 0 spiro atoms. The van der Waals surface area contributed by atoms with Gasteiger partial charge in [0.25, 0.3) is 5.91 Å². The van der Waals surface area contributed by atoms with Crippen LogP contribution in [0.1, 0.15) is 33.7 Å². The van der Waals surface area contributed by atoms with Crippen molar-refractivity contribution in [2.75, 3.05) is 46.7 Å². The minimum absolute atomic E-state index is 0.0970. The van der Waals surface area contributed by atoms with Gasteiger partial charge in [0.15, 0.2) is 9.84 Å². The second-order valence-electron chi connectivity index (χ2n) is 9.32. The third-order valence-corrected chi connectivity index (χ3v) is 8.60. The number of carbonyl (C=O) groups is 1. The van der Waals surface area contributed by atoms with E-state index >= 15 is 0 Å². The van der Waals surface area contributed by atoms with Crippen molar-refractivity contribution in [3.63, 3.8) is 0 Å². The van der Waals surface area contributed by atoms with Gasteiger partial charge in [-0.25, -0.2) is 26.8 Å². The summed E-state index contributed by atoms with van der Waals surface area (Å²) in [4.78, 5) is 25.2. The Labute approximate surface area is 228 Å². The van der Waals surface area contributed by atoms with Gasteiger partial charge in [-0.3, -0.25) is 9.52 Å². The molecule has 0 atom stereocenters. The molecule has 2 aromatic carbocycles. The number of nitriles is 1. The summed E-state index contributed by atoms with van der Waals surface area (Å²) in [5.41, 5.74) is 2.61. The van der Waals surface area contributed by atoms with Crippen molar-refractivity contribution in [2.45, 2.75) is 24.7 Å². The first-order valence-electron chi connectivity index (χ1n) is 12.1. The number of nitrogens with one attached hydrogen (secondary N) is 1. The number of hydrogen-bond donors (Lipinski definition) is 1. The van der Waals surface area contributed by atoms with Crippen LogP contribution in [0.3, 0.4) is 0 Å². The minimum Gasteiger partial charge on any atom is -0.344 e. The highest BCUT2D eigenvalue weighted by molar-refractivity contribution is 7.92. The van der Waals surface area contributed by atoms with Crippen molar-refractivity contribution < 1.29 is 21.6 Å². The predicted octanol–water partition coefficient (Wildman–Crippen LogP) is 2.53. The van der Waals surface area contributed by atoms with E-state index in [9.17, 15) is 21.6 Å². The number of rotatable bonds is 9. The van der Waals surface area contributed by atoms with Crippen LogP contribution in [0.15, 0.2) is 53.4 Å². The Hall–Kier alpha value is -4.02. The maximum Gasteiger partial charge on any atom is 0.260 e. The SMILES string of the molecule is Cc1cc(C#N)nc(N(C)CCCS(=O)(=O)c2ccc3c(c2)CCN3C(=O)c2ccccc2NS(C)(=O)=O)n1. The fourth-order valence-corrected chi connectivity index (χ4v) is 6.30. The summed E-state index contributed by atoms with van der Waals surface area (Å²) < 4.78 is 52.0. The van der Waals surface area contributed by atoms with Crippen LogP contribution in [0.4, 0.5) is 17.3 Å². The first kappa shape index (κ1) is 28.0. The van der Waals surface area contributed by atoms with E-state index in [4.69, 9.17) is 5.26 Å². The summed E-state index contributed by atoms with van der Waals surface area (Å²) in [5, 5.41) is 9.12. The number of aryl methyl sites for hydroxylation is 1. The van der Waals surface area contributed by atoms with Crippen molar-refractivity contribution in [1.29, 1.82) is 5.26 Å². The van der Waals surface area contributed by atoms with E-state index in [2.05, 4.69) is 14.7 Å². The van der Waals surface area contributed by atoms with Crippen LogP contribution in [0, 0.1) is 18.3 Å². The fraction of sp³-hybridized carbons (Fsp3) is 0.308. The maximum atomic E-state index is 13.3. The van der Waals surface area contributed by atoms with E-state index in [0.29, 0.717) is 43.3 Å². The number of amides is 1. The lowest BCUT2D eigenvalue weighted by Gasteiger charge is -2.20. The van der Waals surface area contributed by atoms with Gasteiger partial charge in [0, 0.05) is 31.5 Å². The zero-order chi connectivity index (χ0) is 28.4. The predicted molar refractivity (Wildman–Crippen MR) is 148 cm³/mol. The molecule has 3 aromatic rings. The molecule has 204 valence electrons. The number of para-hydroxylation sites is 1. The molecule has 0 unspecified atom stereocenters. The number of benzene rings is 2. The molecule has 13 heteroatoms. The molecule has 1 aliphatic heterocycles. The van der Waals surface area contributed by atoms with Crippen LogP contribution in [0.2, 0.25) is 0 Å². The van der Waals surface area contributed by atoms with E-state index in [0.717, 1.165) is 11.8 Å². The fourth-order valence-electron chi connectivity index (χ4n) is 4.38. The zero-order valence-electron chi connectivity index (χ0n) is 21.7. The third kappa shape index (κ3) is 6.52. The molecule has 2 heterocycles. The Balaban J connectivity index is 1.46. The molecule has 1 aliphatic rings. The van der Waals surface area contributed by atoms with Gasteiger partial charge in [-0.15, -0.1) is 0 Å². The molecule has 4 rings (SSSR count). The Morgan fingerprint density at radius 2 is 1.87 bits per heavy atom. The summed E-state index contributed by atoms with van der Waals surface area (Å²) in [6, 6.07) is 14.6. The maximum absolute atomic E-state index is 13.3. The van der Waals surface area contributed by atoms with E-state index in [-0.39, 0.29) is 33.5 Å². The number of nitrogens with zero attached hydrogens (tertiary/aromatic N) is 5. The lowest BCUT2D eigenvalue weighted by atomic mass is 10.1. The molecule has 0 fully saturated rings. The number of sulfonamides is 1. The zero-order valence-corrected chi connectivity index (χ0v) is 23.4. The second-order valence-corrected chi connectivity index (χ2v) is 13.2. The van der Waals surface area contributed by atoms with Crippen LogP contribution in [0.5, 0.6) is 0 Å². The minimum atomic E-state index is -3.60. The van der Waals surface area contributed by atoms with E-state index < -0.39 is 19.9 Å².